The van der Waals surface area contributed by atoms with Crippen LogP contribution in [-0.4, -0.2) is 61.9 Å². The van der Waals surface area contributed by atoms with Gasteiger partial charge in [-0.3, -0.25) is 9.69 Å². The summed E-state index contributed by atoms with van der Waals surface area (Å²) in [5.74, 6) is 0.0414. The Balaban J connectivity index is 1.60. The quantitative estimate of drug-likeness (QED) is 0.573. The Hall–Kier alpha value is -1.63. The van der Waals surface area contributed by atoms with E-state index >= 15 is 0 Å². The van der Waals surface area contributed by atoms with Gasteiger partial charge < -0.3 is 14.4 Å². The van der Waals surface area contributed by atoms with E-state index < -0.39 is 5.54 Å². The third kappa shape index (κ3) is 5.13. The largest absolute Gasteiger partial charge is 0.353 e. The molecule has 0 bridgehead atoms. The molecule has 2 atom stereocenters. The molecule has 2 aliphatic rings. The van der Waals surface area contributed by atoms with Crippen molar-refractivity contribution >= 4 is 29.1 Å². The maximum atomic E-state index is 13.3. The highest BCUT2D eigenvalue weighted by atomic mass is 35.5. The molecular weight excluding hydrogens is 447 g/mol. The smallest absolute Gasteiger partial charge is 0.253 e. The molecular formula is C25H30Cl2N2O3. The molecule has 2 heterocycles. The van der Waals surface area contributed by atoms with Crippen LogP contribution in [-0.2, 0) is 15.0 Å². The summed E-state index contributed by atoms with van der Waals surface area (Å²) in [5.41, 5.74) is 1.30. The molecule has 2 aromatic carbocycles. The Bertz CT molecular complexity index is 921. The van der Waals surface area contributed by atoms with E-state index in [1.807, 2.05) is 53.4 Å². The van der Waals surface area contributed by atoms with Gasteiger partial charge >= 0.3 is 0 Å². The number of piperazine rings is 1. The van der Waals surface area contributed by atoms with Crippen LogP contribution in [0.25, 0.3) is 0 Å². The summed E-state index contributed by atoms with van der Waals surface area (Å²) in [4.78, 5) is 17.5. The van der Waals surface area contributed by atoms with Gasteiger partial charge in [-0.05, 0) is 62.6 Å². The molecule has 172 valence electrons. The summed E-state index contributed by atoms with van der Waals surface area (Å²) in [7, 11) is 2.10. The zero-order valence-electron chi connectivity index (χ0n) is 18.4. The molecule has 2 aromatic rings. The Morgan fingerprint density at radius 2 is 1.94 bits per heavy atom. The second-order valence-corrected chi connectivity index (χ2v) is 9.41. The van der Waals surface area contributed by atoms with E-state index in [1.165, 1.54) is 0 Å². The lowest BCUT2D eigenvalue weighted by Gasteiger charge is -2.50. The molecule has 2 unspecified atom stereocenters. The van der Waals surface area contributed by atoms with Crippen LogP contribution >= 0.6 is 23.2 Å². The molecule has 32 heavy (non-hydrogen) atoms. The molecule has 0 N–H and O–H groups in total. The predicted octanol–water partition coefficient (Wildman–Crippen LogP) is 5.21. The molecule has 2 fully saturated rings. The summed E-state index contributed by atoms with van der Waals surface area (Å²) in [6.45, 7) is 3.24. The van der Waals surface area contributed by atoms with Crippen molar-refractivity contribution in [3.05, 3.63) is 69.7 Å². The zero-order valence-corrected chi connectivity index (χ0v) is 19.9. The average Bonchev–Trinajstić information content (AvgIpc) is 2.83. The fourth-order valence-electron chi connectivity index (χ4n) is 4.65. The van der Waals surface area contributed by atoms with E-state index in [-0.39, 0.29) is 12.2 Å². The highest BCUT2D eigenvalue weighted by molar-refractivity contribution is 6.42. The summed E-state index contributed by atoms with van der Waals surface area (Å²) in [6, 6.07) is 15.2. The third-order valence-electron chi connectivity index (χ3n) is 6.61. The van der Waals surface area contributed by atoms with Gasteiger partial charge in [-0.25, -0.2) is 0 Å². The van der Waals surface area contributed by atoms with Crippen LogP contribution in [0.5, 0.6) is 0 Å². The first-order chi connectivity index (χ1) is 15.5. The van der Waals surface area contributed by atoms with Gasteiger partial charge in [0, 0.05) is 31.8 Å². The van der Waals surface area contributed by atoms with Crippen molar-refractivity contribution in [2.75, 3.05) is 39.9 Å². The van der Waals surface area contributed by atoms with E-state index in [9.17, 15) is 4.79 Å². The summed E-state index contributed by atoms with van der Waals surface area (Å²) in [6.07, 6.45) is 3.70. The van der Waals surface area contributed by atoms with Crippen molar-refractivity contribution in [3.63, 3.8) is 0 Å². The standard InChI is InChI=1S/C25H30Cl2N2O3/c1-28-13-14-29(24(30)19-7-3-2-4-8-19)18-25(28,20-10-11-21(26)22(27)17-20)12-16-32-23-9-5-6-15-31-23/h2-4,7-8,10-11,17,23H,5-6,9,12-16,18H2,1H3. The van der Waals surface area contributed by atoms with Crippen molar-refractivity contribution in [2.24, 2.45) is 0 Å². The Labute approximate surface area is 200 Å². The molecule has 1 amide bonds. The van der Waals surface area contributed by atoms with Crippen molar-refractivity contribution in [1.29, 1.82) is 0 Å². The van der Waals surface area contributed by atoms with Crippen molar-refractivity contribution < 1.29 is 14.3 Å². The molecule has 5 nitrogen and oxygen atoms in total. The summed E-state index contributed by atoms with van der Waals surface area (Å²) in [5, 5.41) is 1.04. The zero-order chi connectivity index (χ0) is 22.6. The number of hydrogen-bond acceptors (Lipinski definition) is 4. The molecule has 7 heteroatoms. The highest BCUT2D eigenvalue weighted by Crippen LogP contribution is 2.38. The topological polar surface area (TPSA) is 42.0 Å². The summed E-state index contributed by atoms with van der Waals surface area (Å²) < 4.78 is 11.8. The minimum Gasteiger partial charge on any atom is -0.353 e. The molecule has 2 aliphatic heterocycles. The lowest BCUT2D eigenvalue weighted by molar-refractivity contribution is -0.168. The van der Waals surface area contributed by atoms with E-state index in [0.29, 0.717) is 41.7 Å². The maximum Gasteiger partial charge on any atom is 0.253 e. The van der Waals surface area contributed by atoms with E-state index in [0.717, 1.165) is 38.0 Å². The van der Waals surface area contributed by atoms with E-state index in [1.54, 1.807) is 0 Å². The molecule has 4 rings (SSSR count). The minimum absolute atomic E-state index is 0.0414. The van der Waals surface area contributed by atoms with Crippen molar-refractivity contribution in [1.82, 2.24) is 9.80 Å². The van der Waals surface area contributed by atoms with Crippen LogP contribution in [0.2, 0.25) is 10.0 Å². The van der Waals surface area contributed by atoms with Crippen molar-refractivity contribution in [2.45, 2.75) is 37.5 Å². The first-order valence-electron chi connectivity index (χ1n) is 11.2. The van der Waals surface area contributed by atoms with Gasteiger partial charge in [0.2, 0.25) is 0 Å². The van der Waals surface area contributed by atoms with Gasteiger partial charge in [-0.15, -0.1) is 0 Å². The van der Waals surface area contributed by atoms with Crippen molar-refractivity contribution in [3.8, 4) is 0 Å². The fourth-order valence-corrected chi connectivity index (χ4v) is 4.95. The second-order valence-electron chi connectivity index (χ2n) is 8.59. The Morgan fingerprint density at radius 1 is 1.12 bits per heavy atom. The third-order valence-corrected chi connectivity index (χ3v) is 7.35. The maximum absolute atomic E-state index is 13.3. The Kier molecular flexibility index (Phi) is 7.74. The first-order valence-corrected chi connectivity index (χ1v) is 12.0. The number of benzene rings is 2. The lowest BCUT2D eigenvalue weighted by Crippen LogP contribution is -2.60. The van der Waals surface area contributed by atoms with Gasteiger partial charge in [0.1, 0.15) is 0 Å². The summed E-state index contributed by atoms with van der Waals surface area (Å²) >= 11 is 12.6. The van der Waals surface area contributed by atoms with Gasteiger partial charge in [0.15, 0.2) is 6.29 Å². The molecule has 2 saturated heterocycles. The van der Waals surface area contributed by atoms with E-state index in [4.69, 9.17) is 32.7 Å². The second kappa shape index (κ2) is 10.5. The average molecular weight is 477 g/mol. The number of hydrogen-bond donors (Lipinski definition) is 0. The number of carbonyl (C=O) groups excluding carboxylic acids is 1. The molecule has 0 radical (unpaired) electrons. The van der Waals surface area contributed by atoms with Gasteiger partial charge in [-0.2, -0.15) is 0 Å². The van der Waals surface area contributed by atoms with Crippen LogP contribution < -0.4 is 0 Å². The van der Waals surface area contributed by atoms with E-state index in [2.05, 4.69) is 11.9 Å². The number of rotatable bonds is 6. The van der Waals surface area contributed by atoms with Crippen LogP contribution in [0.15, 0.2) is 48.5 Å². The SMILES string of the molecule is CN1CCN(C(=O)c2ccccc2)CC1(CCOC1CCCCO1)c1ccc(Cl)c(Cl)c1. The number of carbonyl (C=O) groups is 1. The molecule has 0 spiro atoms. The molecule has 0 aliphatic carbocycles. The Morgan fingerprint density at radius 3 is 2.66 bits per heavy atom. The predicted molar refractivity (Wildman–Crippen MR) is 127 cm³/mol. The van der Waals surface area contributed by atoms with Crippen LogP contribution in [0.1, 0.15) is 41.6 Å². The number of amides is 1. The molecule has 0 aromatic heterocycles. The van der Waals surface area contributed by atoms with Crippen LogP contribution in [0.4, 0.5) is 0 Å². The lowest BCUT2D eigenvalue weighted by atomic mass is 9.82. The number of nitrogens with zero attached hydrogens (tertiary/aromatic N) is 2. The minimum atomic E-state index is -0.439. The highest BCUT2D eigenvalue weighted by Gasteiger charge is 2.43. The van der Waals surface area contributed by atoms with Crippen LogP contribution in [0.3, 0.4) is 0 Å². The number of likely N-dealkylation sites (N-methyl/N-ethyl adjacent to an activating group) is 1. The first kappa shape index (κ1) is 23.5. The number of halogens is 2. The van der Waals surface area contributed by atoms with Gasteiger partial charge in [-0.1, -0.05) is 47.5 Å². The number of ether oxygens (including phenoxy) is 2. The monoisotopic (exact) mass is 476 g/mol. The van der Waals surface area contributed by atoms with Gasteiger partial charge in [0.25, 0.3) is 5.91 Å². The molecule has 0 saturated carbocycles. The van der Waals surface area contributed by atoms with Gasteiger partial charge in [0.05, 0.1) is 22.2 Å². The van der Waals surface area contributed by atoms with Crippen LogP contribution in [0, 0.1) is 0 Å². The normalized spacial score (nSPS) is 24.5. The fraction of sp³-hybridized carbons (Fsp3) is 0.480.